The number of carbonyl (C=O) groups excluding carboxylic acids is 1. The monoisotopic (exact) mass is 241 g/mol. The summed E-state index contributed by atoms with van der Waals surface area (Å²) in [6.45, 7) is 4.57. The molecule has 0 aliphatic rings. The fourth-order valence-electron chi connectivity index (χ4n) is 1.36. The summed E-state index contributed by atoms with van der Waals surface area (Å²) in [4.78, 5) is 13.1. The third kappa shape index (κ3) is 3.85. The van der Waals surface area contributed by atoms with E-state index in [-0.39, 0.29) is 5.97 Å². The number of hydrogen-bond donors (Lipinski definition) is 1. The molecule has 1 heterocycles. The summed E-state index contributed by atoms with van der Waals surface area (Å²) in [5.74, 6) is -0.249. The molecule has 16 heavy (non-hydrogen) atoms. The second-order valence-electron chi connectivity index (χ2n) is 3.82. The van der Waals surface area contributed by atoms with Crippen molar-refractivity contribution in [2.24, 2.45) is 0 Å². The summed E-state index contributed by atoms with van der Waals surface area (Å²) < 4.78 is 5.16. The van der Waals surface area contributed by atoms with Gasteiger partial charge in [0.15, 0.2) is 0 Å². The van der Waals surface area contributed by atoms with Crippen LogP contribution in [0.2, 0.25) is 0 Å². The van der Waals surface area contributed by atoms with Crippen molar-refractivity contribution in [3.63, 3.8) is 0 Å². The summed E-state index contributed by atoms with van der Waals surface area (Å²) >= 11 is 1.39. The molecule has 1 aromatic rings. The van der Waals surface area contributed by atoms with E-state index in [1.165, 1.54) is 24.2 Å². The van der Waals surface area contributed by atoms with Gasteiger partial charge in [0, 0.05) is 10.6 Å². The molecule has 0 fully saturated rings. The van der Waals surface area contributed by atoms with Gasteiger partial charge < -0.3 is 10.5 Å². The molecule has 3 nitrogen and oxygen atoms in total. The van der Waals surface area contributed by atoms with Crippen molar-refractivity contribution in [1.29, 1.82) is 0 Å². The first-order valence-electron chi connectivity index (χ1n) is 5.68. The first-order chi connectivity index (χ1) is 7.65. The maximum Gasteiger partial charge on any atom is 0.348 e. The van der Waals surface area contributed by atoms with E-state index in [9.17, 15) is 4.79 Å². The lowest BCUT2D eigenvalue weighted by atomic mass is 10.2. The maximum absolute atomic E-state index is 11.6. The zero-order valence-corrected chi connectivity index (χ0v) is 10.7. The van der Waals surface area contributed by atoms with Crippen LogP contribution < -0.4 is 5.73 Å². The minimum atomic E-state index is -0.249. The maximum atomic E-state index is 11.6. The van der Waals surface area contributed by atoms with Crippen LogP contribution in [0, 0.1) is 6.92 Å². The summed E-state index contributed by atoms with van der Waals surface area (Å²) in [6, 6.07) is 1.69. The fraction of sp³-hybridized carbons (Fsp3) is 0.583. The Kier molecular flexibility index (Phi) is 5.32. The van der Waals surface area contributed by atoms with Crippen LogP contribution in [0.3, 0.4) is 0 Å². The quantitative estimate of drug-likeness (QED) is 0.613. The second-order valence-corrected chi connectivity index (χ2v) is 5.08. The van der Waals surface area contributed by atoms with Crippen molar-refractivity contribution < 1.29 is 9.53 Å². The van der Waals surface area contributed by atoms with E-state index >= 15 is 0 Å². The Hall–Kier alpha value is -1.03. The number of rotatable bonds is 6. The van der Waals surface area contributed by atoms with E-state index in [0.29, 0.717) is 17.2 Å². The van der Waals surface area contributed by atoms with E-state index < -0.39 is 0 Å². The van der Waals surface area contributed by atoms with Gasteiger partial charge in [0.2, 0.25) is 0 Å². The van der Waals surface area contributed by atoms with Crippen molar-refractivity contribution in [2.45, 2.75) is 39.5 Å². The molecule has 4 heteroatoms. The topological polar surface area (TPSA) is 52.3 Å². The van der Waals surface area contributed by atoms with Crippen molar-refractivity contribution >= 4 is 23.0 Å². The van der Waals surface area contributed by atoms with E-state index in [4.69, 9.17) is 10.5 Å². The predicted molar refractivity (Wildman–Crippen MR) is 67.9 cm³/mol. The molecule has 2 N–H and O–H groups in total. The molecule has 0 aliphatic heterocycles. The average molecular weight is 241 g/mol. The smallest absolute Gasteiger partial charge is 0.348 e. The lowest BCUT2D eigenvalue weighted by Gasteiger charge is -2.02. The molecular formula is C12H19NO2S. The summed E-state index contributed by atoms with van der Waals surface area (Å²) in [5, 5.41) is 0. The van der Waals surface area contributed by atoms with Gasteiger partial charge in [-0.3, -0.25) is 0 Å². The van der Waals surface area contributed by atoms with E-state index in [1.54, 1.807) is 6.07 Å². The molecule has 0 atom stereocenters. The Balaban J connectivity index is 2.30. The largest absolute Gasteiger partial charge is 0.462 e. The number of unbranched alkanes of at least 4 members (excludes halogenated alkanes) is 3. The van der Waals surface area contributed by atoms with Gasteiger partial charge in [-0.15, -0.1) is 11.3 Å². The third-order valence-electron chi connectivity index (χ3n) is 2.39. The molecule has 0 saturated carbocycles. The summed E-state index contributed by atoms with van der Waals surface area (Å²) in [6.07, 6.45) is 4.45. The van der Waals surface area contributed by atoms with Crippen LogP contribution in [-0.2, 0) is 4.74 Å². The lowest BCUT2D eigenvalue weighted by molar-refractivity contribution is 0.0503. The minimum Gasteiger partial charge on any atom is -0.462 e. The first kappa shape index (κ1) is 13.0. The van der Waals surface area contributed by atoms with Crippen LogP contribution in [0.5, 0.6) is 0 Å². The zero-order valence-electron chi connectivity index (χ0n) is 9.91. The normalized spacial score (nSPS) is 10.4. The van der Waals surface area contributed by atoms with Crippen molar-refractivity contribution in [3.8, 4) is 0 Å². The summed E-state index contributed by atoms with van der Waals surface area (Å²) in [5.41, 5.74) is 6.34. The van der Waals surface area contributed by atoms with Crippen LogP contribution in [0.25, 0.3) is 0 Å². The second kappa shape index (κ2) is 6.53. The van der Waals surface area contributed by atoms with Gasteiger partial charge in [-0.05, 0) is 19.4 Å². The number of ether oxygens (including phenoxy) is 1. The van der Waals surface area contributed by atoms with Crippen LogP contribution in [-0.4, -0.2) is 12.6 Å². The van der Waals surface area contributed by atoms with Gasteiger partial charge in [-0.2, -0.15) is 0 Å². The Morgan fingerprint density at radius 2 is 2.19 bits per heavy atom. The molecular weight excluding hydrogens is 222 g/mol. The van der Waals surface area contributed by atoms with E-state index in [2.05, 4.69) is 6.92 Å². The fourth-order valence-corrected chi connectivity index (χ4v) is 2.20. The number of nitrogen functional groups attached to an aromatic ring is 1. The molecule has 0 unspecified atom stereocenters. The first-order valence-corrected chi connectivity index (χ1v) is 6.49. The molecule has 0 radical (unpaired) electrons. The standard InChI is InChI=1S/C12H19NO2S/c1-3-4-5-6-7-15-12(14)11-8-10(13)9(2)16-11/h8H,3-7,13H2,1-2H3. The Bertz CT molecular complexity index is 327. The molecule has 0 aliphatic carbocycles. The van der Waals surface area contributed by atoms with Gasteiger partial charge in [0.05, 0.1) is 6.61 Å². The number of carbonyl (C=O) groups is 1. The zero-order chi connectivity index (χ0) is 12.0. The highest BCUT2D eigenvalue weighted by atomic mass is 32.1. The number of hydrogen-bond acceptors (Lipinski definition) is 4. The van der Waals surface area contributed by atoms with Gasteiger partial charge in [-0.1, -0.05) is 26.2 Å². The Morgan fingerprint density at radius 1 is 1.44 bits per heavy atom. The molecule has 0 bridgehead atoms. The molecule has 0 amide bonds. The van der Waals surface area contributed by atoms with E-state index in [0.717, 1.165) is 17.7 Å². The van der Waals surface area contributed by atoms with Gasteiger partial charge in [0.1, 0.15) is 4.88 Å². The summed E-state index contributed by atoms with van der Waals surface area (Å²) in [7, 11) is 0. The lowest BCUT2D eigenvalue weighted by Crippen LogP contribution is -2.04. The van der Waals surface area contributed by atoms with Gasteiger partial charge in [-0.25, -0.2) is 4.79 Å². The van der Waals surface area contributed by atoms with Crippen LogP contribution in [0.15, 0.2) is 6.07 Å². The minimum absolute atomic E-state index is 0.249. The number of thiophene rings is 1. The van der Waals surface area contributed by atoms with Crippen molar-refractivity contribution in [2.75, 3.05) is 12.3 Å². The molecule has 90 valence electrons. The molecule has 1 rings (SSSR count). The molecule has 0 aromatic carbocycles. The number of aryl methyl sites for hydroxylation is 1. The highest BCUT2D eigenvalue weighted by Crippen LogP contribution is 2.23. The predicted octanol–water partition coefficient (Wildman–Crippen LogP) is 3.38. The molecule has 0 saturated heterocycles. The SMILES string of the molecule is CCCCCCOC(=O)c1cc(N)c(C)s1. The average Bonchev–Trinajstić information content (AvgIpc) is 2.59. The van der Waals surface area contributed by atoms with Crippen molar-refractivity contribution in [3.05, 3.63) is 15.8 Å². The van der Waals surface area contributed by atoms with Crippen LogP contribution >= 0.6 is 11.3 Å². The Morgan fingerprint density at radius 3 is 2.75 bits per heavy atom. The van der Waals surface area contributed by atoms with Crippen LogP contribution in [0.1, 0.15) is 47.2 Å². The van der Waals surface area contributed by atoms with Gasteiger partial charge in [0.25, 0.3) is 0 Å². The highest BCUT2D eigenvalue weighted by Gasteiger charge is 2.11. The number of esters is 1. The van der Waals surface area contributed by atoms with Crippen molar-refractivity contribution in [1.82, 2.24) is 0 Å². The molecule has 0 spiro atoms. The number of nitrogens with two attached hydrogens (primary N) is 1. The third-order valence-corrected chi connectivity index (χ3v) is 3.43. The van der Waals surface area contributed by atoms with Crippen LogP contribution in [0.4, 0.5) is 5.69 Å². The number of anilines is 1. The molecule has 1 aromatic heterocycles. The van der Waals surface area contributed by atoms with E-state index in [1.807, 2.05) is 6.92 Å². The Labute approximate surface area is 101 Å². The highest BCUT2D eigenvalue weighted by molar-refractivity contribution is 7.14. The van der Waals surface area contributed by atoms with Gasteiger partial charge >= 0.3 is 5.97 Å².